The van der Waals surface area contributed by atoms with Gasteiger partial charge in [0.15, 0.2) is 0 Å². The van der Waals surface area contributed by atoms with E-state index in [1.165, 1.54) is 11.1 Å². The monoisotopic (exact) mass is 264 g/mol. The van der Waals surface area contributed by atoms with Crippen molar-refractivity contribution in [1.82, 2.24) is 5.32 Å². The van der Waals surface area contributed by atoms with Crippen molar-refractivity contribution in [3.05, 3.63) is 29.3 Å². The predicted molar refractivity (Wildman–Crippen MR) is 77.4 cm³/mol. The lowest BCUT2D eigenvalue weighted by Crippen LogP contribution is -2.24. The number of aliphatic hydroxyl groups excluding tert-OH is 2. The maximum absolute atomic E-state index is 9.68. The lowest BCUT2D eigenvalue weighted by atomic mass is 10.1. The van der Waals surface area contributed by atoms with Gasteiger partial charge in [0.25, 0.3) is 0 Å². The second-order valence-corrected chi connectivity index (χ2v) is 5.35. The number of benzene rings is 1. The largest absolute Gasteiger partial charge is 0.389 e. The average Bonchev–Trinajstić information content (AvgIpc) is 2.70. The smallest absolute Gasteiger partial charge is 0.0990 e. The molecule has 0 radical (unpaired) electrons. The van der Waals surface area contributed by atoms with Gasteiger partial charge in [0.1, 0.15) is 0 Å². The maximum atomic E-state index is 9.68. The second kappa shape index (κ2) is 6.37. The Morgan fingerprint density at radius 3 is 2.58 bits per heavy atom. The Hall–Kier alpha value is -1.10. The molecule has 0 aliphatic carbocycles. The van der Waals surface area contributed by atoms with E-state index in [4.69, 9.17) is 0 Å². The first-order chi connectivity index (χ1) is 9.11. The molecule has 2 unspecified atom stereocenters. The zero-order valence-corrected chi connectivity index (χ0v) is 11.8. The molecule has 4 nitrogen and oxygen atoms in total. The molecule has 1 aromatic rings. The van der Waals surface area contributed by atoms with Gasteiger partial charge < -0.3 is 20.4 Å². The molecule has 1 saturated heterocycles. The molecule has 2 atom stereocenters. The van der Waals surface area contributed by atoms with Crippen molar-refractivity contribution in [1.29, 1.82) is 0 Å². The third kappa shape index (κ3) is 3.47. The first kappa shape index (κ1) is 14.3. The molecule has 3 N–H and O–H groups in total. The molecule has 0 amide bonds. The van der Waals surface area contributed by atoms with Crippen LogP contribution < -0.4 is 10.2 Å². The summed E-state index contributed by atoms with van der Waals surface area (Å²) in [5, 5.41) is 22.8. The van der Waals surface area contributed by atoms with Gasteiger partial charge >= 0.3 is 0 Å². The van der Waals surface area contributed by atoms with Crippen molar-refractivity contribution in [2.45, 2.75) is 39.0 Å². The lowest BCUT2D eigenvalue weighted by molar-refractivity contribution is 0.0572. The highest BCUT2D eigenvalue weighted by Crippen LogP contribution is 2.26. The van der Waals surface area contributed by atoms with Gasteiger partial charge in [-0.15, -0.1) is 0 Å². The lowest BCUT2D eigenvalue weighted by Gasteiger charge is -2.22. The Bertz CT molecular complexity index is 413. The van der Waals surface area contributed by atoms with Crippen molar-refractivity contribution in [2.75, 3.05) is 24.5 Å². The molecular formula is C15H24N2O2. The SMILES string of the molecule is CCCNCc1cc(C)ccc1N1CC(O)C(O)C1. The molecule has 0 saturated carbocycles. The summed E-state index contributed by atoms with van der Waals surface area (Å²) in [6.07, 6.45) is -0.169. The Morgan fingerprint density at radius 1 is 1.26 bits per heavy atom. The second-order valence-electron chi connectivity index (χ2n) is 5.35. The minimum Gasteiger partial charge on any atom is -0.389 e. The van der Waals surface area contributed by atoms with Crippen LogP contribution in [-0.4, -0.2) is 42.1 Å². The zero-order valence-electron chi connectivity index (χ0n) is 11.8. The fourth-order valence-corrected chi connectivity index (χ4v) is 2.53. The predicted octanol–water partition coefficient (Wildman–Crippen LogP) is 1.04. The Balaban J connectivity index is 2.14. The fraction of sp³-hybridized carbons (Fsp3) is 0.600. The van der Waals surface area contributed by atoms with Crippen LogP contribution in [0.5, 0.6) is 0 Å². The minimum absolute atomic E-state index is 0.505. The third-order valence-electron chi connectivity index (χ3n) is 3.58. The van der Waals surface area contributed by atoms with Crippen molar-refractivity contribution in [3.63, 3.8) is 0 Å². The van der Waals surface area contributed by atoms with Gasteiger partial charge in [0.2, 0.25) is 0 Å². The van der Waals surface area contributed by atoms with Crippen LogP contribution in [0.4, 0.5) is 5.69 Å². The van der Waals surface area contributed by atoms with Crippen LogP contribution in [-0.2, 0) is 6.54 Å². The highest BCUT2D eigenvalue weighted by Gasteiger charge is 2.30. The number of nitrogens with one attached hydrogen (secondary N) is 1. The summed E-state index contributed by atoms with van der Waals surface area (Å²) >= 11 is 0. The van der Waals surface area contributed by atoms with Crippen LogP contribution in [0.3, 0.4) is 0 Å². The number of aryl methyl sites for hydroxylation is 1. The van der Waals surface area contributed by atoms with Gasteiger partial charge in [-0.25, -0.2) is 0 Å². The fourth-order valence-electron chi connectivity index (χ4n) is 2.53. The number of β-amino-alcohol motifs (C(OH)–C–C–N with tert-alkyl or cyclic N) is 2. The molecule has 1 aliphatic rings. The molecule has 0 spiro atoms. The Morgan fingerprint density at radius 2 is 1.95 bits per heavy atom. The van der Waals surface area contributed by atoms with Gasteiger partial charge in [0.05, 0.1) is 12.2 Å². The molecule has 0 aromatic heterocycles. The van der Waals surface area contributed by atoms with Gasteiger partial charge in [-0.05, 0) is 31.5 Å². The van der Waals surface area contributed by atoms with Crippen LogP contribution in [0.1, 0.15) is 24.5 Å². The van der Waals surface area contributed by atoms with E-state index >= 15 is 0 Å². The number of hydrogen-bond acceptors (Lipinski definition) is 4. The molecule has 1 fully saturated rings. The van der Waals surface area contributed by atoms with E-state index in [2.05, 4.69) is 42.3 Å². The number of nitrogens with zero attached hydrogens (tertiary/aromatic N) is 1. The van der Waals surface area contributed by atoms with E-state index in [9.17, 15) is 10.2 Å². The Kier molecular flexibility index (Phi) is 4.80. The minimum atomic E-state index is -0.641. The van der Waals surface area contributed by atoms with E-state index in [-0.39, 0.29) is 0 Å². The number of anilines is 1. The van der Waals surface area contributed by atoms with E-state index in [1.807, 2.05) is 0 Å². The van der Waals surface area contributed by atoms with Crippen LogP contribution in [0, 0.1) is 6.92 Å². The summed E-state index contributed by atoms with van der Waals surface area (Å²) in [6, 6.07) is 6.34. The molecule has 19 heavy (non-hydrogen) atoms. The molecule has 1 heterocycles. The summed E-state index contributed by atoms with van der Waals surface area (Å²) in [6.45, 7) is 7.07. The normalized spacial score (nSPS) is 23.1. The summed E-state index contributed by atoms with van der Waals surface area (Å²) in [4.78, 5) is 2.07. The van der Waals surface area contributed by atoms with Crippen LogP contribution in [0.25, 0.3) is 0 Å². The summed E-state index contributed by atoms with van der Waals surface area (Å²) in [5.74, 6) is 0. The van der Waals surface area contributed by atoms with Crippen molar-refractivity contribution in [2.24, 2.45) is 0 Å². The van der Waals surface area contributed by atoms with Gasteiger partial charge in [0, 0.05) is 25.3 Å². The average molecular weight is 264 g/mol. The van der Waals surface area contributed by atoms with E-state index in [0.717, 1.165) is 25.2 Å². The van der Waals surface area contributed by atoms with Crippen molar-refractivity contribution in [3.8, 4) is 0 Å². The zero-order chi connectivity index (χ0) is 13.8. The van der Waals surface area contributed by atoms with Gasteiger partial charge in [-0.3, -0.25) is 0 Å². The number of rotatable bonds is 5. The molecule has 4 heteroatoms. The molecule has 0 bridgehead atoms. The Labute approximate surface area is 115 Å². The maximum Gasteiger partial charge on any atom is 0.0990 e. The molecular weight excluding hydrogens is 240 g/mol. The molecule has 106 valence electrons. The van der Waals surface area contributed by atoms with Gasteiger partial charge in [-0.2, -0.15) is 0 Å². The highest BCUT2D eigenvalue weighted by atomic mass is 16.3. The number of hydrogen-bond donors (Lipinski definition) is 3. The van der Waals surface area contributed by atoms with Crippen LogP contribution in [0.15, 0.2) is 18.2 Å². The van der Waals surface area contributed by atoms with Crippen LogP contribution in [0.2, 0.25) is 0 Å². The first-order valence-corrected chi connectivity index (χ1v) is 7.03. The van der Waals surface area contributed by atoms with Crippen LogP contribution >= 0.6 is 0 Å². The standard InChI is InChI=1S/C15H24N2O2/c1-3-6-16-8-12-7-11(2)4-5-13(12)17-9-14(18)15(19)10-17/h4-5,7,14-16,18-19H,3,6,8-10H2,1-2H3. The first-order valence-electron chi connectivity index (χ1n) is 7.03. The van der Waals surface area contributed by atoms with E-state index in [1.54, 1.807) is 0 Å². The number of aliphatic hydroxyl groups is 2. The van der Waals surface area contributed by atoms with Gasteiger partial charge in [-0.1, -0.05) is 24.6 Å². The molecule has 1 aromatic carbocycles. The summed E-state index contributed by atoms with van der Waals surface area (Å²) < 4.78 is 0. The van der Waals surface area contributed by atoms with E-state index in [0.29, 0.717) is 13.1 Å². The topological polar surface area (TPSA) is 55.7 Å². The highest BCUT2D eigenvalue weighted by molar-refractivity contribution is 5.56. The van der Waals surface area contributed by atoms with Crippen molar-refractivity contribution >= 4 is 5.69 Å². The molecule has 2 rings (SSSR count). The summed E-state index contributed by atoms with van der Waals surface area (Å²) in [5.41, 5.74) is 3.58. The molecule has 1 aliphatic heterocycles. The van der Waals surface area contributed by atoms with Crippen molar-refractivity contribution < 1.29 is 10.2 Å². The quantitative estimate of drug-likeness (QED) is 0.696. The third-order valence-corrected chi connectivity index (χ3v) is 3.58. The van der Waals surface area contributed by atoms with E-state index < -0.39 is 12.2 Å². The summed E-state index contributed by atoms with van der Waals surface area (Å²) in [7, 11) is 0.